The quantitative estimate of drug-likeness (QED) is 0.572. The van der Waals surface area contributed by atoms with Gasteiger partial charge in [-0.15, -0.1) is 0 Å². The molecule has 20 heavy (non-hydrogen) atoms. The maximum Gasteiger partial charge on any atom is 0.182 e. The van der Waals surface area contributed by atoms with Crippen molar-refractivity contribution in [1.29, 1.82) is 0 Å². The monoisotopic (exact) mass is 275 g/mol. The molecule has 0 amide bonds. The van der Waals surface area contributed by atoms with E-state index in [1.807, 2.05) is 18.2 Å². The number of benzene rings is 2. The molecule has 0 aliphatic heterocycles. The molecule has 0 radical (unpaired) electrons. The number of para-hydroxylation sites is 1. The van der Waals surface area contributed by atoms with E-state index in [0.717, 1.165) is 5.56 Å². The van der Waals surface area contributed by atoms with E-state index in [2.05, 4.69) is 0 Å². The highest BCUT2D eigenvalue weighted by Gasteiger charge is 2.15. The molecule has 0 aliphatic carbocycles. The van der Waals surface area contributed by atoms with Gasteiger partial charge in [-0.05, 0) is 29.8 Å². The van der Waals surface area contributed by atoms with Crippen LogP contribution in [0.5, 0.6) is 11.5 Å². The number of hydrogen-bond acceptors (Lipinski definition) is 5. The Bertz CT molecular complexity index is 584. The molecule has 0 saturated heterocycles. The highest BCUT2D eigenvalue weighted by Crippen LogP contribution is 2.34. The zero-order valence-corrected chi connectivity index (χ0v) is 11.1. The molecule has 2 aromatic rings. The second kappa shape index (κ2) is 6.27. The number of rotatable bonds is 5. The van der Waals surface area contributed by atoms with Crippen molar-refractivity contribution in [2.45, 2.75) is 12.9 Å². The fourth-order valence-electron chi connectivity index (χ4n) is 1.91. The van der Waals surface area contributed by atoms with E-state index < -0.39 is 6.29 Å². The van der Waals surface area contributed by atoms with E-state index in [-0.39, 0.29) is 5.56 Å². The second-order valence-electron chi connectivity index (χ2n) is 4.29. The average Bonchev–Trinajstić information content (AvgIpc) is 2.44. The Balaban J connectivity index is 2.19. The molecule has 0 atom stereocenters. The van der Waals surface area contributed by atoms with Gasteiger partial charge in [-0.25, -0.2) is 0 Å². The molecule has 5 heteroatoms. The lowest BCUT2D eigenvalue weighted by molar-refractivity contribution is -0.0441. The summed E-state index contributed by atoms with van der Waals surface area (Å²) in [4.78, 5) is 0. The van der Waals surface area contributed by atoms with Crippen LogP contribution in [0.4, 0.5) is 5.69 Å². The SMILES string of the molecule is COc1c(OCc2cccc(N)c2)cccc1C(O)O. The van der Waals surface area contributed by atoms with E-state index in [1.54, 1.807) is 24.3 Å². The first-order chi connectivity index (χ1) is 9.61. The summed E-state index contributed by atoms with van der Waals surface area (Å²) in [7, 11) is 1.45. The topological polar surface area (TPSA) is 84.9 Å². The summed E-state index contributed by atoms with van der Waals surface area (Å²) in [5, 5.41) is 18.6. The third-order valence-electron chi connectivity index (χ3n) is 2.84. The Morgan fingerprint density at radius 1 is 1.15 bits per heavy atom. The average molecular weight is 275 g/mol. The Labute approximate surface area is 117 Å². The lowest BCUT2D eigenvalue weighted by atomic mass is 10.1. The molecular formula is C15H17NO4. The predicted molar refractivity (Wildman–Crippen MR) is 75.4 cm³/mol. The summed E-state index contributed by atoms with van der Waals surface area (Å²) in [6.45, 7) is 0.312. The summed E-state index contributed by atoms with van der Waals surface area (Å²) < 4.78 is 10.8. The largest absolute Gasteiger partial charge is 0.492 e. The molecule has 106 valence electrons. The summed E-state index contributed by atoms with van der Waals surface area (Å²) in [6.07, 6.45) is -1.61. The maximum absolute atomic E-state index is 9.29. The van der Waals surface area contributed by atoms with Gasteiger partial charge in [-0.3, -0.25) is 0 Å². The molecule has 0 spiro atoms. The minimum atomic E-state index is -1.61. The molecule has 2 aromatic carbocycles. The van der Waals surface area contributed by atoms with E-state index in [4.69, 9.17) is 15.2 Å². The van der Waals surface area contributed by atoms with E-state index >= 15 is 0 Å². The van der Waals surface area contributed by atoms with Crippen LogP contribution in [0, 0.1) is 0 Å². The molecule has 0 unspecified atom stereocenters. The molecule has 4 N–H and O–H groups in total. The van der Waals surface area contributed by atoms with Crippen molar-refractivity contribution in [1.82, 2.24) is 0 Å². The van der Waals surface area contributed by atoms with Gasteiger partial charge < -0.3 is 25.4 Å². The van der Waals surface area contributed by atoms with Crippen molar-refractivity contribution in [3.8, 4) is 11.5 Å². The van der Waals surface area contributed by atoms with Crippen molar-refractivity contribution in [2.24, 2.45) is 0 Å². The van der Waals surface area contributed by atoms with Crippen molar-refractivity contribution in [2.75, 3.05) is 12.8 Å². The highest BCUT2D eigenvalue weighted by atomic mass is 16.5. The molecule has 0 aromatic heterocycles. The number of nitrogens with two attached hydrogens (primary N) is 1. The molecular weight excluding hydrogens is 258 g/mol. The summed E-state index contributed by atoms with van der Waals surface area (Å²) in [5.41, 5.74) is 7.55. The molecule has 0 aliphatic rings. The van der Waals surface area contributed by atoms with Crippen LogP contribution in [0.2, 0.25) is 0 Å². The van der Waals surface area contributed by atoms with E-state index in [1.165, 1.54) is 7.11 Å². The summed E-state index contributed by atoms with van der Waals surface area (Å²) in [6, 6.07) is 12.3. The number of nitrogen functional groups attached to an aromatic ring is 1. The van der Waals surface area contributed by atoms with Crippen LogP contribution < -0.4 is 15.2 Å². The van der Waals surface area contributed by atoms with Crippen LogP contribution in [-0.2, 0) is 6.61 Å². The number of methoxy groups -OCH3 is 1. The molecule has 0 bridgehead atoms. The Morgan fingerprint density at radius 3 is 2.55 bits per heavy atom. The Kier molecular flexibility index (Phi) is 4.45. The predicted octanol–water partition coefficient (Wildman–Crippen LogP) is 1.84. The van der Waals surface area contributed by atoms with Gasteiger partial charge in [-0.1, -0.05) is 18.2 Å². The van der Waals surface area contributed by atoms with Crippen molar-refractivity contribution in [3.05, 3.63) is 53.6 Å². The van der Waals surface area contributed by atoms with Gasteiger partial charge >= 0.3 is 0 Å². The van der Waals surface area contributed by atoms with Gasteiger partial charge in [0.25, 0.3) is 0 Å². The standard InChI is InChI=1S/C15H17NO4/c1-19-14-12(15(17)18)6-3-7-13(14)20-9-10-4-2-5-11(16)8-10/h2-8,15,17-18H,9,16H2,1H3. The van der Waals surface area contributed by atoms with E-state index in [9.17, 15) is 10.2 Å². The molecule has 0 heterocycles. The van der Waals surface area contributed by atoms with Crippen LogP contribution in [0.3, 0.4) is 0 Å². The molecule has 2 rings (SSSR count). The first-order valence-electron chi connectivity index (χ1n) is 6.12. The van der Waals surface area contributed by atoms with Gasteiger partial charge in [0.1, 0.15) is 6.61 Å². The molecule has 0 fully saturated rings. The third-order valence-corrected chi connectivity index (χ3v) is 2.84. The van der Waals surface area contributed by atoms with Gasteiger partial charge in [-0.2, -0.15) is 0 Å². The summed E-state index contributed by atoms with van der Waals surface area (Å²) in [5.74, 6) is 0.756. The number of ether oxygens (including phenoxy) is 2. The minimum Gasteiger partial charge on any atom is -0.492 e. The minimum absolute atomic E-state index is 0.262. The number of anilines is 1. The highest BCUT2D eigenvalue weighted by molar-refractivity contribution is 5.47. The van der Waals surface area contributed by atoms with Crippen molar-refractivity contribution >= 4 is 5.69 Å². The van der Waals surface area contributed by atoms with Crippen LogP contribution in [0.25, 0.3) is 0 Å². The Morgan fingerprint density at radius 2 is 1.90 bits per heavy atom. The van der Waals surface area contributed by atoms with Crippen LogP contribution >= 0.6 is 0 Å². The molecule has 0 saturated carbocycles. The Hall–Kier alpha value is -2.24. The first kappa shape index (κ1) is 14.2. The lowest BCUT2D eigenvalue weighted by Gasteiger charge is -2.15. The fraction of sp³-hybridized carbons (Fsp3) is 0.200. The van der Waals surface area contributed by atoms with Crippen LogP contribution in [-0.4, -0.2) is 17.3 Å². The van der Waals surface area contributed by atoms with Gasteiger partial charge in [0.2, 0.25) is 0 Å². The van der Waals surface area contributed by atoms with Crippen molar-refractivity contribution < 1.29 is 19.7 Å². The van der Waals surface area contributed by atoms with Gasteiger partial charge in [0.15, 0.2) is 17.8 Å². The fourth-order valence-corrected chi connectivity index (χ4v) is 1.91. The normalized spacial score (nSPS) is 10.6. The summed E-state index contributed by atoms with van der Waals surface area (Å²) >= 11 is 0. The lowest BCUT2D eigenvalue weighted by Crippen LogP contribution is -2.03. The number of hydrogen-bond donors (Lipinski definition) is 3. The zero-order chi connectivity index (χ0) is 14.5. The second-order valence-corrected chi connectivity index (χ2v) is 4.29. The maximum atomic E-state index is 9.29. The van der Waals surface area contributed by atoms with Gasteiger partial charge in [0, 0.05) is 5.69 Å². The van der Waals surface area contributed by atoms with Crippen molar-refractivity contribution in [3.63, 3.8) is 0 Å². The van der Waals surface area contributed by atoms with Crippen LogP contribution in [0.1, 0.15) is 17.4 Å². The van der Waals surface area contributed by atoms with Crippen LogP contribution in [0.15, 0.2) is 42.5 Å². The third kappa shape index (κ3) is 3.20. The number of aliphatic hydroxyl groups excluding tert-OH is 1. The smallest absolute Gasteiger partial charge is 0.182 e. The zero-order valence-electron chi connectivity index (χ0n) is 11.1. The number of aliphatic hydroxyl groups is 2. The first-order valence-corrected chi connectivity index (χ1v) is 6.12. The molecule has 5 nitrogen and oxygen atoms in total. The van der Waals surface area contributed by atoms with E-state index in [0.29, 0.717) is 23.8 Å². The van der Waals surface area contributed by atoms with Gasteiger partial charge in [0.05, 0.1) is 12.7 Å².